The Kier molecular flexibility index (Phi) is 3.15. The molecule has 0 aliphatic carbocycles. The summed E-state index contributed by atoms with van der Waals surface area (Å²) in [7, 11) is 0. The molecule has 0 aromatic carbocycles. The molecule has 0 bridgehead atoms. The Balaban J connectivity index is 3.08. The first-order valence-electron chi connectivity index (χ1n) is 3.25. The Bertz CT molecular complexity index is 345. The number of pyridine rings is 1. The molecule has 1 unspecified atom stereocenters. The van der Waals surface area contributed by atoms with E-state index in [9.17, 15) is 9.18 Å². The van der Waals surface area contributed by atoms with Crippen LogP contribution in [0.2, 0.25) is 0 Å². The number of aliphatic hydroxyl groups excluding tert-OH is 1. The van der Waals surface area contributed by atoms with Crippen molar-refractivity contribution in [2.45, 2.75) is 6.10 Å². The lowest BCUT2D eigenvalue weighted by Crippen LogP contribution is -2.12. The average Bonchev–Trinajstić information content (AvgIpc) is 2.03. The Labute approximate surface area is 86.6 Å². The molecule has 1 rings (SSSR count). The lowest BCUT2D eigenvalue weighted by Gasteiger charge is -2.06. The summed E-state index contributed by atoms with van der Waals surface area (Å²) in [6.45, 7) is 0. The lowest BCUT2D eigenvalue weighted by molar-refractivity contribution is -0.147. The number of hydrogen-bond donors (Lipinski definition) is 2. The molecule has 1 aromatic heterocycles. The molecule has 0 aliphatic heterocycles. The molecule has 1 atom stereocenters. The van der Waals surface area contributed by atoms with Gasteiger partial charge in [0.05, 0.1) is 0 Å². The normalized spacial score (nSPS) is 12.5. The number of hydrogen-bond acceptors (Lipinski definition) is 3. The lowest BCUT2D eigenvalue weighted by atomic mass is 10.2. The highest BCUT2D eigenvalue weighted by Crippen LogP contribution is 2.18. The molecule has 0 saturated heterocycles. The zero-order valence-corrected chi connectivity index (χ0v) is 8.40. The van der Waals surface area contributed by atoms with Crippen molar-refractivity contribution in [3.05, 3.63) is 27.3 Å². The molecule has 0 amide bonds. The number of halogens is 2. The van der Waals surface area contributed by atoms with Crippen molar-refractivity contribution in [1.29, 1.82) is 0 Å². The number of nitrogens with zero attached hydrogens (tertiary/aromatic N) is 1. The maximum atomic E-state index is 12.5. The van der Waals surface area contributed by atoms with Crippen molar-refractivity contribution in [2.24, 2.45) is 0 Å². The van der Waals surface area contributed by atoms with Crippen LogP contribution in [0.15, 0.2) is 12.1 Å². The van der Waals surface area contributed by atoms with Crippen LogP contribution in [0.5, 0.6) is 0 Å². The molecule has 0 fully saturated rings. The molecule has 2 N–H and O–H groups in total. The van der Waals surface area contributed by atoms with Gasteiger partial charge in [0.1, 0.15) is 3.70 Å². The van der Waals surface area contributed by atoms with Gasteiger partial charge in [0.25, 0.3) is 0 Å². The van der Waals surface area contributed by atoms with E-state index < -0.39 is 18.0 Å². The third-order valence-corrected chi connectivity index (χ3v) is 2.24. The van der Waals surface area contributed by atoms with Crippen molar-refractivity contribution in [3.8, 4) is 0 Å². The van der Waals surface area contributed by atoms with Crippen LogP contribution in [0.3, 0.4) is 0 Å². The van der Waals surface area contributed by atoms with Gasteiger partial charge in [-0.2, -0.15) is 4.39 Å². The van der Waals surface area contributed by atoms with Gasteiger partial charge in [-0.25, -0.2) is 9.78 Å². The molecule has 0 saturated carbocycles. The molecular formula is C7H5FINO3. The minimum Gasteiger partial charge on any atom is -0.479 e. The van der Waals surface area contributed by atoms with Crippen LogP contribution < -0.4 is 0 Å². The van der Waals surface area contributed by atoms with Crippen LogP contribution in [0.1, 0.15) is 11.7 Å². The highest BCUT2D eigenvalue weighted by Gasteiger charge is 2.19. The van der Waals surface area contributed by atoms with Crippen molar-refractivity contribution in [1.82, 2.24) is 4.98 Å². The van der Waals surface area contributed by atoms with Crippen molar-refractivity contribution < 1.29 is 19.4 Å². The van der Waals surface area contributed by atoms with Gasteiger partial charge in [-0.05, 0) is 34.7 Å². The fourth-order valence-electron chi connectivity index (χ4n) is 0.760. The molecular weight excluding hydrogens is 292 g/mol. The number of carboxylic acids is 1. The summed E-state index contributed by atoms with van der Waals surface area (Å²) in [5, 5.41) is 17.6. The first kappa shape index (κ1) is 10.3. The van der Waals surface area contributed by atoms with Crippen LogP contribution in [-0.2, 0) is 4.79 Å². The third kappa shape index (κ3) is 2.34. The highest BCUT2D eigenvalue weighted by atomic mass is 127. The van der Waals surface area contributed by atoms with Gasteiger partial charge >= 0.3 is 5.97 Å². The van der Waals surface area contributed by atoms with Crippen LogP contribution in [0, 0.1) is 9.65 Å². The zero-order chi connectivity index (χ0) is 10.0. The van der Waals surface area contributed by atoms with Gasteiger partial charge in [0, 0.05) is 5.56 Å². The fraction of sp³-hybridized carbons (Fsp3) is 0.143. The Morgan fingerprint density at radius 3 is 2.69 bits per heavy atom. The third-order valence-electron chi connectivity index (χ3n) is 1.37. The zero-order valence-electron chi connectivity index (χ0n) is 6.24. The van der Waals surface area contributed by atoms with Crippen molar-refractivity contribution in [2.75, 3.05) is 0 Å². The molecule has 4 nitrogen and oxygen atoms in total. The molecule has 70 valence electrons. The van der Waals surface area contributed by atoms with Gasteiger partial charge in [0.15, 0.2) is 6.10 Å². The molecule has 6 heteroatoms. The van der Waals surface area contributed by atoms with E-state index >= 15 is 0 Å². The Morgan fingerprint density at radius 2 is 2.23 bits per heavy atom. The Morgan fingerprint density at radius 1 is 1.62 bits per heavy atom. The van der Waals surface area contributed by atoms with Gasteiger partial charge in [-0.3, -0.25) is 0 Å². The maximum Gasteiger partial charge on any atom is 0.337 e. The minimum absolute atomic E-state index is 0.0921. The summed E-state index contributed by atoms with van der Waals surface area (Å²) in [5.74, 6) is -2.09. The SMILES string of the molecule is O=C(O)C(O)c1ccc(F)nc1I. The monoisotopic (exact) mass is 297 g/mol. The number of carbonyl (C=O) groups is 1. The standard InChI is InChI=1S/C7H5FINO3/c8-4-2-1-3(6(9)10-4)5(11)7(12)13/h1-2,5,11H,(H,12,13). The quantitative estimate of drug-likeness (QED) is 0.629. The highest BCUT2D eigenvalue weighted by molar-refractivity contribution is 14.1. The largest absolute Gasteiger partial charge is 0.479 e. The van der Waals surface area contributed by atoms with E-state index in [0.29, 0.717) is 0 Å². The van der Waals surface area contributed by atoms with Gasteiger partial charge in [0.2, 0.25) is 5.95 Å². The van der Waals surface area contributed by atoms with Crippen LogP contribution in [0.4, 0.5) is 4.39 Å². The summed E-state index contributed by atoms with van der Waals surface area (Å²) in [6, 6.07) is 2.20. The first-order chi connectivity index (χ1) is 6.02. The number of aliphatic hydroxyl groups is 1. The van der Waals surface area contributed by atoms with Crippen LogP contribution >= 0.6 is 22.6 Å². The smallest absolute Gasteiger partial charge is 0.337 e. The second-order valence-corrected chi connectivity index (χ2v) is 3.28. The van der Waals surface area contributed by atoms with Crippen LogP contribution in [-0.4, -0.2) is 21.2 Å². The summed E-state index contributed by atoms with van der Waals surface area (Å²) < 4.78 is 12.6. The second kappa shape index (κ2) is 3.97. The summed E-state index contributed by atoms with van der Waals surface area (Å²) in [4.78, 5) is 13.7. The summed E-state index contributed by atoms with van der Waals surface area (Å²) in [6.07, 6.45) is -1.65. The number of aromatic nitrogens is 1. The summed E-state index contributed by atoms with van der Waals surface area (Å²) >= 11 is 1.66. The predicted molar refractivity (Wildman–Crippen MR) is 49.5 cm³/mol. The molecule has 13 heavy (non-hydrogen) atoms. The first-order valence-corrected chi connectivity index (χ1v) is 4.33. The predicted octanol–water partition coefficient (Wildman–Crippen LogP) is 0.943. The topological polar surface area (TPSA) is 70.4 Å². The van der Waals surface area contributed by atoms with Gasteiger partial charge in [-0.1, -0.05) is 0 Å². The second-order valence-electron chi connectivity index (χ2n) is 2.25. The van der Waals surface area contributed by atoms with E-state index in [1.165, 1.54) is 6.07 Å². The number of aliphatic carboxylic acids is 1. The van der Waals surface area contributed by atoms with E-state index in [0.717, 1.165) is 6.07 Å². The number of carboxylic acid groups (broad SMARTS) is 1. The molecule has 1 heterocycles. The molecule has 0 radical (unpaired) electrons. The van der Waals surface area contributed by atoms with Crippen LogP contribution in [0.25, 0.3) is 0 Å². The minimum atomic E-state index is -1.65. The molecule has 0 spiro atoms. The van der Waals surface area contributed by atoms with Gasteiger partial charge in [-0.15, -0.1) is 0 Å². The average molecular weight is 297 g/mol. The molecule has 0 aliphatic rings. The van der Waals surface area contributed by atoms with E-state index in [-0.39, 0.29) is 9.26 Å². The number of rotatable bonds is 2. The Hall–Kier alpha value is -0.760. The maximum absolute atomic E-state index is 12.5. The van der Waals surface area contributed by atoms with E-state index in [4.69, 9.17) is 10.2 Å². The van der Waals surface area contributed by atoms with E-state index in [2.05, 4.69) is 4.98 Å². The van der Waals surface area contributed by atoms with Crippen molar-refractivity contribution >= 4 is 28.6 Å². The summed E-state index contributed by atoms with van der Waals surface area (Å²) in [5.41, 5.74) is 0.0921. The molecule has 1 aromatic rings. The van der Waals surface area contributed by atoms with E-state index in [1.807, 2.05) is 0 Å². The van der Waals surface area contributed by atoms with Crippen molar-refractivity contribution in [3.63, 3.8) is 0 Å². The fourth-order valence-corrected chi connectivity index (χ4v) is 1.47. The van der Waals surface area contributed by atoms with E-state index in [1.54, 1.807) is 22.6 Å². The van der Waals surface area contributed by atoms with Gasteiger partial charge < -0.3 is 10.2 Å².